The van der Waals surface area contributed by atoms with Gasteiger partial charge in [0.25, 0.3) is 0 Å². The van der Waals surface area contributed by atoms with Crippen molar-refractivity contribution in [2.75, 3.05) is 13.1 Å². The largest absolute Gasteiger partial charge is 0.336 e. The van der Waals surface area contributed by atoms with Crippen LogP contribution in [0.5, 0.6) is 0 Å². The molecule has 4 aliphatic rings. The summed E-state index contributed by atoms with van der Waals surface area (Å²) in [6.45, 7) is 2.59. The van der Waals surface area contributed by atoms with Crippen molar-refractivity contribution in [1.82, 2.24) is 14.8 Å². The van der Waals surface area contributed by atoms with Crippen LogP contribution in [0.25, 0.3) is 11.1 Å². The van der Waals surface area contributed by atoms with E-state index in [1.807, 2.05) is 12.3 Å². The van der Waals surface area contributed by atoms with Crippen LogP contribution in [0.4, 0.5) is 0 Å². The molecule has 1 aliphatic carbocycles. The summed E-state index contributed by atoms with van der Waals surface area (Å²) >= 11 is 0. The fourth-order valence-electron chi connectivity index (χ4n) is 7.12. The second-order valence-electron chi connectivity index (χ2n) is 9.97. The van der Waals surface area contributed by atoms with Crippen LogP contribution >= 0.6 is 0 Å². The van der Waals surface area contributed by atoms with Crippen LogP contribution in [0, 0.1) is 5.92 Å². The van der Waals surface area contributed by atoms with Crippen LogP contribution in [0.2, 0.25) is 0 Å². The summed E-state index contributed by atoms with van der Waals surface area (Å²) in [5, 5.41) is 0. The first-order valence-corrected chi connectivity index (χ1v) is 11.9. The Morgan fingerprint density at radius 2 is 1.94 bits per heavy atom. The van der Waals surface area contributed by atoms with E-state index in [1.165, 1.54) is 27.8 Å². The van der Waals surface area contributed by atoms with Crippen molar-refractivity contribution in [2.45, 2.75) is 43.8 Å². The highest BCUT2D eigenvalue weighted by molar-refractivity contribution is 5.90. The Labute approximate surface area is 188 Å². The van der Waals surface area contributed by atoms with E-state index in [9.17, 15) is 4.79 Å². The monoisotopic (exact) mass is 421 g/mol. The average molecular weight is 422 g/mol. The van der Waals surface area contributed by atoms with Crippen molar-refractivity contribution in [3.8, 4) is 11.1 Å². The topological polar surface area (TPSA) is 36.4 Å². The number of benzene rings is 2. The Bertz CT molecular complexity index is 1220. The lowest BCUT2D eigenvalue weighted by Crippen LogP contribution is -2.49. The highest BCUT2D eigenvalue weighted by atomic mass is 16.2. The summed E-state index contributed by atoms with van der Waals surface area (Å²) < 4.78 is 0. The van der Waals surface area contributed by atoms with E-state index in [4.69, 9.17) is 0 Å². The smallest absolute Gasteiger partial charge is 0.243 e. The number of pyridine rings is 1. The fraction of sp³-hybridized carbons (Fsp3) is 0.357. The molecule has 4 heteroatoms. The molecule has 1 spiro atoms. The Balaban J connectivity index is 1.19. The minimum atomic E-state index is -0.283. The molecule has 7 rings (SSSR count). The molecular weight excluding hydrogens is 394 g/mol. The van der Waals surface area contributed by atoms with Gasteiger partial charge < -0.3 is 4.90 Å². The molecule has 3 atom stereocenters. The Morgan fingerprint density at radius 1 is 1.03 bits per heavy atom. The Morgan fingerprint density at radius 3 is 2.84 bits per heavy atom. The first kappa shape index (κ1) is 18.6. The molecule has 4 heterocycles. The number of carbonyl (C=O) groups excluding carboxylic acids is 1. The molecule has 3 aromatic rings. The van der Waals surface area contributed by atoms with E-state index < -0.39 is 0 Å². The first-order chi connectivity index (χ1) is 15.7. The molecular formula is C28H27N3O. The number of amides is 1. The van der Waals surface area contributed by atoms with Crippen molar-refractivity contribution in [3.63, 3.8) is 0 Å². The first-order valence-electron chi connectivity index (χ1n) is 11.9. The minimum absolute atomic E-state index is 0.283. The predicted octanol–water partition coefficient (Wildman–Crippen LogP) is 4.59. The zero-order valence-electron chi connectivity index (χ0n) is 18.2. The average Bonchev–Trinajstić information content (AvgIpc) is 3.54. The molecule has 4 nitrogen and oxygen atoms in total. The van der Waals surface area contributed by atoms with Crippen LogP contribution in [0.1, 0.15) is 47.6 Å². The van der Waals surface area contributed by atoms with Gasteiger partial charge in [-0.05, 0) is 71.7 Å². The molecule has 32 heavy (non-hydrogen) atoms. The van der Waals surface area contributed by atoms with Crippen molar-refractivity contribution in [2.24, 2.45) is 5.92 Å². The maximum atomic E-state index is 13.8. The third-order valence-electron chi connectivity index (χ3n) is 8.43. The van der Waals surface area contributed by atoms with Crippen molar-refractivity contribution in [3.05, 3.63) is 89.2 Å². The molecule has 1 aromatic heterocycles. The molecule has 3 fully saturated rings. The van der Waals surface area contributed by atoms with Crippen LogP contribution in [0.3, 0.4) is 0 Å². The molecule has 0 bridgehead atoms. The zero-order valence-corrected chi connectivity index (χ0v) is 18.2. The van der Waals surface area contributed by atoms with Crippen molar-refractivity contribution in [1.29, 1.82) is 0 Å². The van der Waals surface area contributed by atoms with E-state index in [0.29, 0.717) is 24.4 Å². The maximum absolute atomic E-state index is 13.8. The van der Waals surface area contributed by atoms with Crippen LogP contribution < -0.4 is 0 Å². The molecule has 1 amide bonds. The van der Waals surface area contributed by atoms with Crippen LogP contribution in [-0.2, 0) is 17.8 Å². The van der Waals surface area contributed by atoms with Gasteiger partial charge in [-0.2, -0.15) is 0 Å². The highest BCUT2D eigenvalue weighted by Crippen LogP contribution is 2.56. The lowest BCUT2D eigenvalue weighted by molar-refractivity contribution is -0.137. The standard InChI is InChI=1S/C28H27N3O/c32-27-28-10-4-12-31(28)26(15-23(28)18-30(27)17-19-5-3-11-29-16-19)21-8-9-25-22(14-21)13-20-6-1-2-7-24(20)25/h1-3,5-9,11,14,16,23,26H,4,10,12-13,15,17-18H2/t23-,26-,28-/m0/s1. The van der Waals surface area contributed by atoms with E-state index >= 15 is 0 Å². The third-order valence-corrected chi connectivity index (χ3v) is 8.43. The summed E-state index contributed by atoms with van der Waals surface area (Å²) in [5.41, 5.74) is 7.89. The van der Waals surface area contributed by atoms with Gasteiger partial charge in [0.15, 0.2) is 0 Å². The molecule has 0 unspecified atom stereocenters. The lowest BCUT2D eigenvalue weighted by atomic mass is 9.85. The molecule has 0 saturated carbocycles. The number of carbonyl (C=O) groups is 1. The summed E-state index contributed by atoms with van der Waals surface area (Å²) in [7, 11) is 0. The summed E-state index contributed by atoms with van der Waals surface area (Å²) in [6.07, 6.45) is 7.92. The molecule has 3 aliphatic heterocycles. The van der Waals surface area contributed by atoms with Gasteiger partial charge in [0.2, 0.25) is 5.91 Å². The Hall–Kier alpha value is -2.98. The van der Waals surface area contributed by atoms with E-state index in [-0.39, 0.29) is 5.54 Å². The summed E-state index contributed by atoms with van der Waals surface area (Å²) in [6, 6.07) is 20.2. The van der Waals surface area contributed by atoms with Gasteiger partial charge in [-0.15, -0.1) is 0 Å². The Kier molecular flexibility index (Phi) is 3.92. The number of hydrogen-bond donors (Lipinski definition) is 0. The van der Waals surface area contributed by atoms with E-state index in [1.54, 1.807) is 6.20 Å². The number of rotatable bonds is 3. The van der Waals surface area contributed by atoms with Gasteiger partial charge in [-0.3, -0.25) is 14.7 Å². The van der Waals surface area contributed by atoms with Crippen LogP contribution in [0.15, 0.2) is 67.0 Å². The van der Waals surface area contributed by atoms with Crippen molar-refractivity contribution >= 4 is 5.91 Å². The quantitative estimate of drug-likeness (QED) is 0.485. The second kappa shape index (κ2) is 6.76. The molecule has 2 aromatic carbocycles. The molecule has 0 N–H and O–H groups in total. The highest BCUT2D eigenvalue weighted by Gasteiger charge is 2.65. The van der Waals surface area contributed by atoms with E-state index in [2.05, 4.69) is 63.3 Å². The lowest BCUT2D eigenvalue weighted by Gasteiger charge is -2.34. The van der Waals surface area contributed by atoms with Gasteiger partial charge in [-0.1, -0.05) is 48.5 Å². The fourth-order valence-corrected chi connectivity index (χ4v) is 7.12. The normalized spacial score (nSPS) is 28.0. The van der Waals surface area contributed by atoms with E-state index in [0.717, 1.165) is 44.3 Å². The molecule has 160 valence electrons. The predicted molar refractivity (Wildman–Crippen MR) is 124 cm³/mol. The zero-order chi connectivity index (χ0) is 21.3. The number of aromatic nitrogens is 1. The third kappa shape index (κ3) is 2.47. The van der Waals surface area contributed by atoms with Gasteiger partial charge in [0.1, 0.15) is 5.54 Å². The maximum Gasteiger partial charge on any atom is 0.243 e. The summed E-state index contributed by atoms with van der Waals surface area (Å²) in [4.78, 5) is 22.7. The van der Waals surface area contributed by atoms with Gasteiger partial charge in [-0.25, -0.2) is 0 Å². The molecule has 0 radical (unpaired) electrons. The number of nitrogens with zero attached hydrogens (tertiary/aromatic N) is 3. The van der Waals surface area contributed by atoms with Gasteiger partial charge in [0, 0.05) is 37.4 Å². The SMILES string of the molecule is O=C1N(Cc2cccnc2)C[C@@H]2C[C@@H](c3ccc4c(c3)Cc3ccccc3-4)N3CCC[C@@]123. The number of likely N-dealkylation sites (tertiary alicyclic amines) is 1. The molecule has 3 saturated heterocycles. The van der Waals surface area contributed by atoms with Crippen LogP contribution in [-0.4, -0.2) is 39.3 Å². The minimum Gasteiger partial charge on any atom is -0.336 e. The number of hydrogen-bond acceptors (Lipinski definition) is 3. The van der Waals surface area contributed by atoms with Gasteiger partial charge in [0.05, 0.1) is 0 Å². The summed E-state index contributed by atoms with van der Waals surface area (Å²) in [5.74, 6) is 0.768. The second-order valence-corrected chi connectivity index (χ2v) is 9.97. The number of fused-ring (bicyclic) bond motifs is 3. The van der Waals surface area contributed by atoms with Gasteiger partial charge >= 0.3 is 0 Å². The van der Waals surface area contributed by atoms with Crippen molar-refractivity contribution < 1.29 is 4.79 Å².